The lowest BCUT2D eigenvalue weighted by atomic mass is 10.00. The number of anilines is 1. The van der Waals surface area contributed by atoms with Crippen LogP contribution >= 0.6 is 23.2 Å². The Morgan fingerprint density at radius 2 is 1.58 bits per heavy atom. The first-order chi connectivity index (χ1) is 20.9. The minimum absolute atomic E-state index is 0.0664. The van der Waals surface area contributed by atoms with Gasteiger partial charge in [-0.25, -0.2) is 0 Å². The lowest BCUT2D eigenvalue weighted by Crippen LogP contribution is -2.13. The molecule has 2 aliphatic heterocycles. The Morgan fingerprint density at radius 3 is 2.37 bits per heavy atom. The van der Waals surface area contributed by atoms with E-state index in [1.807, 2.05) is 41.0 Å². The Hall–Kier alpha value is -5.19. The highest BCUT2D eigenvalue weighted by Gasteiger charge is 2.22. The number of amides is 1. The zero-order valence-electron chi connectivity index (χ0n) is 22.3. The average molecular weight is 610 g/mol. The summed E-state index contributed by atoms with van der Waals surface area (Å²) in [6.07, 6.45) is 1.71. The van der Waals surface area contributed by atoms with E-state index in [-0.39, 0.29) is 18.1 Å². The lowest BCUT2D eigenvalue weighted by Gasteiger charge is -2.11. The fourth-order valence-electron chi connectivity index (χ4n) is 4.81. The maximum Gasteiger partial charge on any atom is 0.270 e. The molecule has 3 heterocycles. The summed E-state index contributed by atoms with van der Waals surface area (Å²) in [7, 11) is 0. The molecule has 0 radical (unpaired) electrons. The monoisotopic (exact) mass is 609 g/mol. The van der Waals surface area contributed by atoms with Crippen molar-refractivity contribution in [3.8, 4) is 5.69 Å². The number of nitro benzene ring substituents is 1. The van der Waals surface area contributed by atoms with Crippen molar-refractivity contribution in [2.45, 2.75) is 6.54 Å². The Kier molecular flexibility index (Phi) is 7.78. The summed E-state index contributed by atoms with van der Waals surface area (Å²) in [6.45, 7) is 0.430. The number of aliphatic imine (C=N–C) groups is 2. The average Bonchev–Trinajstić information content (AvgIpc) is 3.34. The molecule has 0 spiro atoms. The Balaban J connectivity index is 0.000000153. The largest absolute Gasteiger partial charge is 0.324 e. The summed E-state index contributed by atoms with van der Waals surface area (Å²) in [4.78, 5) is 31.3. The van der Waals surface area contributed by atoms with Crippen LogP contribution in [-0.4, -0.2) is 43.6 Å². The van der Waals surface area contributed by atoms with Gasteiger partial charge in [0.2, 0.25) is 5.91 Å². The Bertz CT molecular complexity index is 1940. The molecule has 1 N–H and O–H groups in total. The Morgan fingerprint density at radius 1 is 0.814 bits per heavy atom. The van der Waals surface area contributed by atoms with Crippen LogP contribution in [0.4, 0.5) is 11.4 Å². The minimum Gasteiger partial charge on any atom is -0.324 e. The highest BCUT2D eigenvalue weighted by atomic mass is 35.5. The normalized spacial score (nSPS) is 13.4. The van der Waals surface area contributed by atoms with Gasteiger partial charge in [-0.15, -0.1) is 10.2 Å². The summed E-state index contributed by atoms with van der Waals surface area (Å²) in [5.41, 5.74) is 5.96. The number of carbonyl (C=O) groups excluding carboxylic acids is 1. The van der Waals surface area contributed by atoms with E-state index in [1.165, 1.54) is 18.2 Å². The molecule has 0 unspecified atom stereocenters. The number of benzodiazepines with no additional fused rings is 1. The first-order valence-corrected chi connectivity index (χ1v) is 13.8. The molecule has 0 bridgehead atoms. The molecular weight excluding hydrogens is 589 g/mol. The van der Waals surface area contributed by atoms with E-state index >= 15 is 0 Å². The van der Waals surface area contributed by atoms with Gasteiger partial charge in [0.15, 0.2) is 5.82 Å². The first kappa shape index (κ1) is 28.0. The third kappa shape index (κ3) is 5.78. The van der Waals surface area contributed by atoms with E-state index < -0.39 is 4.92 Å². The fourth-order valence-corrected chi connectivity index (χ4v) is 5.21. The van der Waals surface area contributed by atoms with Crippen LogP contribution in [0.5, 0.6) is 0 Å². The molecule has 0 saturated heterocycles. The number of hydrogen-bond acceptors (Lipinski definition) is 7. The van der Waals surface area contributed by atoms with Crippen LogP contribution in [0, 0.1) is 10.1 Å². The lowest BCUT2D eigenvalue weighted by molar-refractivity contribution is -0.384. The van der Waals surface area contributed by atoms with Crippen molar-refractivity contribution < 1.29 is 9.72 Å². The van der Waals surface area contributed by atoms with Gasteiger partial charge in [0.1, 0.15) is 19.4 Å². The van der Waals surface area contributed by atoms with Gasteiger partial charge in [-0.3, -0.25) is 29.5 Å². The number of rotatable bonds is 3. The molecule has 0 fully saturated rings. The molecule has 43 heavy (non-hydrogen) atoms. The van der Waals surface area contributed by atoms with Crippen molar-refractivity contribution in [1.82, 2.24) is 14.8 Å². The highest BCUT2D eigenvalue weighted by Crippen LogP contribution is 2.30. The zero-order valence-corrected chi connectivity index (χ0v) is 23.8. The summed E-state index contributed by atoms with van der Waals surface area (Å²) in [5.74, 6) is 0.543. The standard InChI is InChI=1S/C16H11ClN4.C15H10ClN3O3/c17-12-6-7-14-13(8-12)16(11-4-2-1-3-5-11)18-9-15-20-19-10-21(14)15;16-12-4-2-1-3-10(12)15-11-7-9(19(21)22)5-6-13(11)18-14(20)8-17-15/h1-8,10H,9H2;1-7H,8H2,(H,18,20). The van der Waals surface area contributed by atoms with Gasteiger partial charge < -0.3 is 5.32 Å². The number of benzene rings is 4. The maximum absolute atomic E-state index is 11.7. The van der Waals surface area contributed by atoms with E-state index in [2.05, 4.69) is 32.6 Å². The second-order valence-corrected chi connectivity index (χ2v) is 10.3. The molecule has 212 valence electrons. The SMILES string of the molecule is Clc1ccc2c(c1)C(c1ccccc1)=NCc1nncn1-2.O=C1CN=C(c2ccccc2Cl)c2cc([N+](=O)[O-])ccc2N1. The van der Waals surface area contributed by atoms with E-state index in [0.717, 1.165) is 28.4 Å². The number of nitrogens with zero attached hydrogens (tertiary/aromatic N) is 6. The number of carbonyl (C=O) groups is 1. The van der Waals surface area contributed by atoms with Crippen LogP contribution in [0.15, 0.2) is 107 Å². The second kappa shape index (κ2) is 12.0. The third-order valence-corrected chi connectivity index (χ3v) is 7.34. The number of aromatic nitrogens is 3. The van der Waals surface area contributed by atoms with Gasteiger partial charge in [-0.1, -0.05) is 71.7 Å². The molecular formula is C31H21Cl2N7O3. The van der Waals surface area contributed by atoms with Crippen molar-refractivity contribution in [3.63, 3.8) is 0 Å². The van der Waals surface area contributed by atoms with Gasteiger partial charge in [-0.2, -0.15) is 0 Å². The summed E-state index contributed by atoms with van der Waals surface area (Å²) < 4.78 is 1.96. The summed E-state index contributed by atoms with van der Waals surface area (Å²) >= 11 is 12.4. The van der Waals surface area contributed by atoms with E-state index in [9.17, 15) is 14.9 Å². The predicted octanol–water partition coefficient (Wildman–Crippen LogP) is 6.31. The Labute approximate surface area is 255 Å². The fraction of sp³-hybridized carbons (Fsp3) is 0.0645. The predicted molar refractivity (Wildman–Crippen MR) is 166 cm³/mol. The van der Waals surface area contributed by atoms with Crippen molar-refractivity contribution in [1.29, 1.82) is 0 Å². The number of nitrogens with one attached hydrogen (secondary N) is 1. The molecule has 12 heteroatoms. The molecule has 10 nitrogen and oxygen atoms in total. The van der Waals surface area contributed by atoms with Crippen LogP contribution in [0.25, 0.3) is 5.69 Å². The molecule has 0 saturated carbocycles. The molecule has 2 aliphatic rings. The van der Waals surface area contributed by atoms with Gasteiger partial charge in [0, 0.05) is 44.4 Å². The van der Waals surface area contributed by atoms with E-state index in [0.29, 0.717) is 39.1 Å². The topological polar surface area (TPSA) is 128 Å². The molecule has 4 aromatic carbocycles. The van der Waals surface area contributed by atoms with Gasteiger partial charge in [0.25, 0.3) is 5.69 Å². The third-order valence-electron chi connectivity index (χ3n) is 6.77. The van der Waals surface area contributed by atoms with Crippen LogP contribution in [0.2, 0.25) is 10.0 Å². The van der Waals surface area contributed by atoms with Crippen LogP contribution in [0.1, 0.15) is 28.1 Å². The molecule has 0 atom stereocenters. The molecule has 0 aliphatic carbocycles. The highest BCUT2D eigenvalue weighted by molar-refractivity contribution is 6.36. The summed E-state index contributed by atoms with van der Waals surface area (Å²) in [6, 6.07) is 27.2. The molecule has 1 amide bonds. The van der Waals surface area contributed by atoms with Crippen molar-refractivity contribution >= 4 is 51.9 Å². The molecule has 7 rings (SSSR count). The number of halogens is 2. The minimum atomic E-state index is -0.489. The van der Waals surface area contributed by atoms with E-state index in [1.54, 1.807) is 30.6 Å². The van der Waals surface area contributed by atoms with Crippen molar-refractivity contribution in [2.24, 2.45) is 9.98 Å². The number of nitro groups is 1. The van der Waals surface area contributed by atoms with Gasteiger partial charge in [-0.05, 0) is 30.3 Å². The van der Waals surface area contributed by atoms with Crippen molar-refractivity contribution in [2.75, 3.05) is 11.9 Å². The number of fused-ring (bicyclic) bond motifs is 4. The van der Waals surface area contributed by atoms with Gasteiger partial charge in [0.05, 0.1) is 27.7 Å². The quantitative estimate of drug-likeness (QED) is 0.189. The van der Waals surface area contributed by atoms with Crippen LogP contribution < -0.4 is 5.32 Å². The second-order valence-electron chi connectivity index (χ2n) is 9.49. The molecule has 5 aromatic rings. The van der Waals surface area contributed by atoms with Crippen LogP contribution in [0.3, 0.4) is 0 Å². The smallest absolute Gasteiger partial charge is 0.270 e. The number of non-ortho nitro benzene ring substituents is 1. The zero-order chi connectivity index (χ0) is 29.9. The first-order valence-electron chi connectivity index (χ1n) is 13.1. The number of hydrogen-bond donors (Lipinski definition) is 1. The van der Waals surface area contributed by atoms with Crippen LogP contribution in [-0.2, 0) is 11.3 Å². The van der Waals surface area contributed by atoms with Gasteiger partial charge >= 0.3 is 0 Å². The summed E-state index contributed by atoms with van der Waals surface area (Å²) in [5, 5.41) is 23.0. The van der Waals surface area contributed by atoms with E-state index in [4.69, 9.17) is 28.2 Å². The molecule has 1 aromatic heterocycles. The van der Waals surface area contributed by atoms with Crippen molar-refractivity contribution in [3.05, 3.63) is 146 Å². The maximum atomic E-state index is 11.7.